The number of amides is 1. The van der Waals surface area contributed by atoms with Crippen LogP contribution in [0.25, 0.3) is 16.7 Å². The van der Waals surface area contributed by atoms with Crippen molar-refractivity contribution in [2.45, 2.75) is 114 Å². The van der Waals surface area contributed by atoms with Crippen LogP contribution in [-0.4, -0.2) is 114 Å². The van der Waals surface area contributed by atoms with Gasteiger partial charge in [0.25, 0.3) is 12.3 Å². The number of hydrogen-bond donors (Lipinski definition) is 1. The summed E-state index contributed by atoms with van der Waals surface area (Å²) < 4.78 is 46.9. The number of likely N-dealkylation sites (tertiary alicyclic amines) is 1. The Balaban J connectivity index is 0.677. The number of rotatable bonds is 13. The molecule has 2 saturated carbocycles. The van der Waals surface area contributed by atoms with Crippen LogP contribution < -0.4 is 15.9 Å². The number of hydrogen-bond acceptors (Lipinski definition) is 11. The molecule has 5 aliphatic rings. The number of nitrogens with zero attached hydrogens (tertiary/aromatic N) is 9. The van der Waals surface area contributed by atoms with Crippen LogP contribution in [0.2, 0.25) is 0 Å². The van der Waals surface area contributed by atoms with Crippen LogP contribution in [0.4, 0.5) is 20.3 Å². The smallest absolute Gasteiger partial charge is 0.329 e. The first-order valence-corrected chi connectivity index (χ1v) is 22.6. The maximum Gasteiger partial charge on any atom is 0.329 e. The lowest BCUT2D eigenvalue weighted by molar-refractivity contribution is -0.132. The van der Waals surface area contributed by atoms with Crippen molar-refractivity contribution >= 4 is 45.7 Å². The second-order valence-electron chi connectivity index (χ2n) is 18.2. The number of carbonyl (C=O) groups excluding carboxylic acids is 3. The van der Waals surface area contributed by atoms with Gasteiger partial charge in [0, 0.05) is 58.6 Å². The van der Waals surface area contributed by atoms with Gasteiger partial charge >= 0.3 is 5.69 Å². The summed E-state index contributed by atoms with van der Waals surface area (Å²) in [4.78, 5) is 60.7. The average molecular weight is 869 g/mol. The van der Waals surface area contributed by atoms with E-state index < -0.39 is 24.1 Å². The van der Waals surface area contributed by atoms with Gasteiger partial charge in [0.15, 0.2) is 17.1 Å². The highest BCUT2D eigenvalue weighted by molar-refractivity contribution is 6.08. The Bertz CT molecular complexity index is 2580. The molecule has 0 radical (unpaired) electrons. The molecule has 63 heavy (non-hydrogen) atoms. The van der Waals surface area contributed by atoms with Crippen molar-refractivity contribution in [2.24, 2.45) is 13.0 Å². The maximum absolute atomic E-state index is 14.3. The molecule has 16 nitrogen and oxygen atoms in total. The zero-order valence-electron chi connectivity index (χ0n) is 35.5. The summed E-state index contributed by atoms with van der Waals surface area (Å²) >= 11 is 0. The molecule has 0 spiro atoms. The number of piperidine rings is 1. The largest absolute Gasteiger partial charge is 0.378 e. The molecule has 3 atom stereocenters. The van der Waals surface area contributed by atoms with E-state index in [2.05, 4.69) is 25.3 Å². The van der Waals surface area contributed by atoms with Gasteiger partial charge in [-0.3, -0.25) is 28.2 Å². The van der Waals surface area contributed by atoms with Crippen LogP contribution in [-0.2, 0) is 32.5 Å². The number of aromatic nitrogens is 7. The third kappa shape index (κ3) is 8.32. The number of halogens is 2. The lowest BCUT2D eigenvalue weighted by Gasteiger charge is -2.36. The number of morpholine rings is 1. The van der Waals surface area contributed by atoms with Gasteiger partial charge in [-0.05, 0) is 93.9 Å². The summed E-state index contributed by atoms with van der Waals surface area (Å²) in [5, 5.41) is 11.3. The molecule has 10 rings (SSSR count). The summed E-state index contributed by atoms with van der Waals surface area (Å²) in [5.41, 5.74) is 2.47. The fourth-order valence-corrected chi connectivity index (χ4v) is 10.6. The SMILES string of the molecule is Cn1c(=O)n(C2CCC(=O)CC2=O)c2cc(CCCOC3CCN(CC4CCC(n5cc(NC(=O)c6cnn7ccc(N8C[C@H]9C[C@@H]8CO9)nc67)c(C(F)F)n5)CC4)CC3)ccc21. The van der Waals surface area contributed by atoms with Crippen molar-refractivity contribution < 1.29 is 32.6 Å². The molecule has 18 heteroatoms. The molecule has 2 aliphatic carbocycles. The molecule has 334 valence electrons. The minimum Gasteiger partial charge on any atom is -0.378 e. The lowest BCUT2D eigenvalue weighted by atomic mass is 9.85. The number of nitrogens with one attached hydrogen (secondary N) is 1. The van der Waals surface area contributed by atoms with Crippen LogP contribution in [0.1, 0.15) is 111 Å². The van der Waals surface area contributed by atoms with E-state index in [0.717, 1.165) is 106 Å². The van der Waals surface area contributed by atoms with Gasteiger partial charge in [0.2, 0.25) is 0 Å². The first-order chi connectivity index (χ1) is 30.6. The monoisotopic (exact) mass is 868 g/mol. The number of alkyl halides is 2. The highest BCUT2D eigenvalue weighted by Gasteiger charge is 2.40. The molecular weight excluding hydrogens is 815 g/mol. The topological polar surface area (TPSA) is 163 Å². The second-order valence-corrected chi connectivity index (χ2v) is 18.2. The normalized spacial score (nSPS) is 24.8. The number of aryl methyl sites for hydroxylation is 2. The fourth-order valence-electron chi connectivity index (χ4n) is 10.6. The summed E-state index contributed by atoms with van der Waals surface area (Å²) in [5.74, 6) is 0.428. The van der Waals surface area contributed by atoms with Crippen molar-refractivity contribution in [2.75, 3.05) is 49.6 Å². The highest BCUT2D eigenvalue weighted by Crippen LogP contribution is 2.37. The third-order valence-electron chi connectivity index (χ3n) is 14.1. The van der Waals surface area contributed by atoms with E-state index in [0.29, 0.717) is 37.6 Å². The predicted molar refractivity (Wildman–Crippen MR) is 228 cm³/mol. The minimum absolute atomic E-state index is 0.00101. The quantitative estimate of drug-likeness (QED) is 0.118. The molecule has 4 aromatic heterocycles. The van der Waals surface area contributed by atoms with Crippen LogP contribution in [0.3, 0.4) is 0 Å². The predicted octanol–water partition coefficient (Wildman–Crippen LogP) is 5.45. The zero-order chi connectivity index (χ0) is 43.4. The van der Waals surface area contributed by atoms with E-state index in [1.54, 1.807) is 33.3 Å². The number of benzene rings is 1. The number of imidazole rings is 1. The average Bonchev–Trinajstić information content (AvgIpc) is 4.13. The van der Waals surface area contributed by atoms with Gasteiger partial charge in [0.1, 0.15) is 17.2 Å². The standard InChI is InChI=1S/C45H54F2N10O6/c1-52-36-10-6-27(19-38(36)57(45(52)61)37-11-9-31(58)21-39(37)59)3-2-18-62-32-12-15-53(16-13-32)23-28-4-7-29(8-5-28)56-25-35(41(51-56)42(46)47)49-44(60)34-22-48-55-17-14-40(50-43(34)55)54-24-33-20-30(54)26-63-33/h6,10,14,17,19,22,25,28-30,32-33,37,42H,2-5,7-9,11-13,15-16,18,20-21,23-24,26H2,1H3,(H,49,60)/t28?,29?,30-,33-,37?/m1/s1. The molecule has 1 amide bonds. The Hall–Kier alpha value is -5.33. The van der Waals surface area contributed by atoms with Gasteiger partial charge in [-0.25, -0.2) is 23.1 Å². The second kappa shape index (κ2) is 17.3. The van der Waals surface area contributed by atoms with E-state index in [1.165, 1.54) is 10.7 Å². The molecule has 1 N–H and O–H groups in total. The summed E-state index contributed by atoms with van der Waals surface area (Å²) in [7, 11) is 1.72. The molecule has 1 unspecified atom stereocenters. The number of fused-ring (bicyclic) bond motifs is 4. The highest BCUT2D eigenvalue weighted by atomic mass is 19.3. The summed E-state index contributed by atoms with van der Waals surface area (Å²) in [6.45, 7) is 4.96. The number of anilines is 2. The molecular formula is C45H54F2N10O6. The number of carbonyl (C=O) groups is 3. The summed E-state index contributed by atoms with van der Waals surface area (Å²) in [6, 6.07) is 7.46. The number of ether oxygens (including phenoxy) is 2. The Labute approximate surface area is 362 Å². The van der Waals surface area contributed by atoms with E-state index in [4.69, 9.17) is 14.5 Å². The van der Waals surface area contributed by atoms with Gasteiger partial charge in [-0.1, -0.05) is 6.07 Å². The maximum atomic E-state index is 14.3. The van der Waals surface area contributed by atoms with E-state index in [9.17, 15) is 28.0 Å². The zero-order valence-corrected chi connectivity index (χ0v) is 35.5. The van der Waals surface area contributed by atoms with Crippen molar-refractivity contribution in [3.05, 3.63) is 70.2 Å². The molecule has 5 fully saturated rings. The van der Waals surface area contributed by atoms with E-state index >= 15 is 0 Å². The Morgan fingerprint density at radius 1 is 1.02 bits per heavy atom. The van der Waals surface area contributed by atoms with Crippen LogP contribution in [0, 0.1) is 5.92 Å². The van der Waals surface area contributed by atoms with Crippen molar-refractivity contribution in [3.63, 3.8) is 0 Å². The van der Waals surface area contributed by atoms with Crippen LogP contribution in [0.5, 0.6) is 0 Å². The molecule has 2 bridgehead atoms. The summed E-state index contributed by atoms with van der Waals surface area (Å²) in [6.07, 6.45) is 10.9. The van der Waals surface area contributed by atoms with E-state index in [1.807, 2.05) is 24.3 Å². The van der Waals surface area contributed by atoms with Gasteiger partial charge < -0.3 is 24.6 Å². The number of ketones is 2. The Kier molecular flexibility index (Phi) is 11.5. The molecule has 5 aromatic rings. The Morgan fingerprint density at radius 3 is 2.59 bits per heavy atom. The molecule has 3 saturated heterocycles. The van der Waals surface area contributed by atoms with Crippen molar-refractivity contribution in [1.82, 2.24) is 38.4 Å². The van der Waals surface area contributed by atoms with E-state index in [-0.39, 0.29) is 59.2 Å². The van der Waals surface area contributed by atoms with Crippen LogP contribution >= 0.6 is 0 Å². The van der Waals surface area contributed by atoms with Gasteiger partial charge in [-0.15, -0.1) is 0 Å². The first-order valence-electron chi connectivity index (χ1n) is 22.6. The third-order valence-corrected chi connectivity index (χ3v) is 14.1. The van der Waals surface area contributed by atoms with Crippen molar-refractivity contribution in [3.8, 4) is 0 Å². The fraction of sp³-hybridized carbons (Fsp3) is 0.578. The Morgan fingerprint density at radius 2 is 1.84 bits per heavy atom. The molecule has 3 aliphatic heterocycles. The number of Topliss-reactive ketones (excluding diaryl/α,β-unsaturated/α-hetero) is 2. The van der Waals surface area contributed by atoms with Crippen LogP contribution in [0.15, 0.2) is 47.7 Å². The molecule has 1 aromatic carbocycles. The van der Waals surface area contributed by atoms with Crippen molar-refractivity contribution in [1.29, 1.82) is 0 Å². The minimum atomic E-state index is -2.85. The van der Waals surface area contributed by atoms with Gasteiger partial charge in [-0.2, -0.15) is 10.2 Å². The van der Waals surface area contributed by atoms with Gasteiger partial charge in [0.05, 0.1) is 66.3 Å². The lowest BCUT2D eigenvalue weighted by Crippen LogP contribution is -2.40. The first kappa shape index (κ1) is 41.7. The molecule has 7 heterocycles.